The first-order chi connectivity index (χ1) is 33.9. The van der Waals surface area contributed by atoms with Crippen molar-refractivity contribution in [1.29, 1.82) is 0 Å². The van der Waals surface area contributed by atoms with Crippen molar-refractivity contribution in [2.75, 3.05) is 58.4 Å². The van der Waals surface area contributed by atoms with Crippen LogP contribution in [0, 0.1) is 5.92 Å². The third-order valence-corrected chi connectivity index (χ3v) is 34.7. The van der Waals surface area contributed by atoms with E-state index >= 15 is 0 Å². The Bertz CT molecular complexity index is 1710. The standard InChI is InChI=1S/C27H62N2O14Si4.C14H35N3O8Si3/c1-17(16-47(10,42-45(5,6)7)43-46(8,9)41-44(2,3)4)13-28-11-12-29-26(38)23(36)22(35)25(18(32)14-30)40-27-24(37)21(34)20(33)19(15-31)39-27;1-26(2,9-16-13(22)11(20)7-18)24-28(5,6)25-27(3,4)10-17(15)14(23)12(21)8-19/h17-25,27-28,30-37H,11-16H2,1-10H3,(H,29,38);11-12,18-21H,7-10,15H2,1-6H3,(H,16,22). The quantitative estimate of drug-likeness (QED) is 0.00974. The van der Waals surface area contributed by atoms with Crippen LogP contribution in [0.3, 0.4) is 0 Å². The molecule has 1 rings (SSSR count). The molecule has 13 unspecified atom stereocenters. The highest BCUT2D eigenvalue weighted by atomic mass is 28.5. The van der Waals surface area contributed by atoms with Crippen molar-refractivity contribution in [1.82, 2.24) is 21.0 Å². The highest BCUT2D eigenvalue weighted by Gasteiger charge is 2.49. The lowest BCUT2D eigenvalue weighted by Gasteiger charge is -2.42. The number of nitrogens with two attached hydrogens (primary N) is 1. The maximum atomic E-state index is 12.6. The van der Waals surface area contributed by atoms with Crippen LogP contribution < -0.4 is 21.8 Å². The lowest BCUT2D eigenvalue weighted by molar-refractivity contribution is -0.326. The van der Waals surface area contributed by atoms with Crippen molar-refractivity contribution in [3.63, 3.8) is 0 Å². The molecule has 0 aromatic heterocycles. The zero-order valence-electron chi connectivity index (χ0n) is 47.0. The molecule has 1 aliphatic heterocycles. The van der Waals surface area contributed by atoms with Gasteiger partial charge in [0.25, 0.3) is 17.7 Å². The molecule has 0 aromatic rings. The summed E-state index contributed by atoms with van der Waals surface area (Å²) in [5.41, 5.74) is 0. The number of carbonyl (C=O) groups is 3. The van der Waals surface area contributed by atoms with Gasteiger partial charge in [0.05, 0.1) is 32.6 Å². The van der Waals surface area contributed by atoms with Gasteiger partial charge in [-0.1, -0.05) is 6.92 Å². The van der Waals surface area contributed by atoms with Gasteiger partial charge in [-0.15, -0.1) is 0 Å². The van der Waals surface area contributed by atoms with Gasteiger partial charge in [0.15, 0.2) is 57.9 Å². The molecule has 0 bridgehead atoms. The van der Waals surface area contributed by atoms with E-state index < -0.39 is 170 Å². The number of hydrogen-bond acceptors (Lipinski definition) is 24. The first-order valence-electron chi connectivity index (χ1n) is 24.9. The summed E-state index contributed by atoms with van der Waals surface area (Å²) < 4.78 is 42.9. The van der Waals surface area contributed by atoms with E-state index in [4.69, 9.17) is 46.1 Å². The number of nitrogens with one attached hydrogen (secondary N) is 3. The Morgan fingerprint density at radius 1 is 0.640 bits per heavy atom. The predicted octanol–water partition coefficient (Wildman–Crippen LogP) is -4.18. The normalized spacial score (nSPS) is 22.8. The van der Waals surface area contributed by atoms with Gasteiger partial charge < -0.3 is 107 Å². The molecular formula is C41H97N5O22Si7. The van der Waals surface area contributed by atoms with Crippen molar-refractivity contribution in [2.45, 2.75) is 179 Å². The Kier molecular flexibility index (Phi) is 31.5. The second kappa shape index (κ2) is 31.9. The van der Waals surface area contributed by atoms with E-state index in [9.17, 15) is 65.4 Å². The second-order valence-corrected chi connectivity index (χ2v) is 51.6. The molecule has 0 spiro atoms. The van der Waals surface area contributed by atoms with Gasteiger partial charge in [-0.2, -0.15) is 0 Å². The topological polar surface area (TPSA) is 424 Å². The zero-order valence-corrected chi connectivity index (χ0v) is 54.0. The molecule has 0 radical (unpaired) electrons. The van der Waals surface area contributed by atoms with Gasteiger partial charge in [0.2, 0.25) is 0 Å². The van der Waals surface area contributed by atoms with E-state index in [1.807, 2.05) is 39.3 Å². The lowest BCUT2D eigenvalue weighted by Crippen LogP contribution is -2.62. The molecule has 34 heteroatoms. The van der Waals surface area contributed by atoms with E-state index in [-0.39, 0.29) is 24.8 Å². The Morgan fingerprint density at radius 3 is 1.65 bits per heavy atom. The number of aliphatic hydroxyl groups excluding tert-OH is 12. The number of amides is 3. The number of carbonyl (C=O) groups excluding carboxylic acids is 3. The van der Waals surface area contributed by atoms with Gasteiger partial charge in [-0.3, -0.25) is 19.4 Å². The minimum atomic E-state index is -2.66. The fraction of sp³-hybridized carbons (Fsp3) is 0.927. The van der Waals surface area contributed by atoms with Crippen molar-refractivity contribution in [3.05, 3.63) is 0 Å². The van der Waals surface area contributed by atoms with Crippen LogP contribution in [0.5, 0.6) is 0 Å². The Labute approximate surface area is 450 Å². The summed E-state index contributed by atoms with van der Waals surface area (Å²) in [4.78, 5) is 36.1. The number of hydrogen-bond donors (Lipinski definition) is 16. The Morgan fingerprint density at radius 2 is 1.16 bits per heavy atom. The molecule has 0 saturated carbocycles. The number of hydrazine groups is 1. The van der Waals surface area contributed by atoms with Crippen LogP contribution in [0.4, 0.5) is 0 Å². The molecule has 0 aliphatic carbocycles. The van der Waals surface area contributed by atoms with Gasteiger partial charge in [0, 0.05) is 19.3 Å². The first kappa shape index (κ1) is 74.1. The van der Waals surface area contributed by atoms with Crippen LogP contribution in [0.1, 0.15) is 6.92 Å². The SMILES string of the molecule is CC(CNCCNC(=O)C(O)C(O)C(OC1OC(CO)C(O)C(O)C1O)C(O)CO)C[Si](C)(O[Si](C)(C)C)O[Si](C)(C)O[Si](C)(C)C.C[Si](C)(CNC(=O)C(O)CO)O[Si](C)(C)O[Si](C)(C)CN(N)C(=O)C(O)CO. The molecule has 0 aromatic carbocycles. The molecule has 1 saturated heterocycles. The van der Waals surface area contributed by atoms with Crippen molar-refractivity contribution in [3.8, 4) is 0 Å². The van der Waals surface area contributed by atoms with Crippen LogP contribution >= 0.6 is 0 Å². The summed E-state index contributed by atoms with van der Waals surface area (Å²) in [7, 11) is -16.4. The van der Waals surface area contributed by atoms with Crippen LogP contribution in [-0.4, -0.2) is 269 Å². The van der Waals surface area contributed by atoms with E-state index in [1.165, 1.54) is 0 Å². The molecule has 1 fully saturated rings. The summed E-state index contributed by atoms with van der Waals surface area (Å²) in [6.45, 7) is 30.3. The lowest BCUT2D eigenvalue weighted by atomic mass is 9.98. The fourth-order valence-electron chi connectivity index (χ4n) is 8.31. The molecule has 27 nitrogen and oxygen atoms in total. The molecule has 17 N–H and O–H groups in total. The average Bonchev–Trinajstić information content (AvgIpc) is 3.25. The maximum absolute atomic E-state index is 12.6. The van der Waals surface area contributed by atoms with Gasteiger partial charge >= 0.3 is 25.7 Å². The molecule has 1 heterocycles. The minimum absolute atomic E-state index is 0.0801. The average molecular weight is 1210 g/mol. The Balaban J connectivity index is 0.00000167. The summed E-state index contributed by atoms with van der Waals surface area (Å²) in [5, 5.41) is 126. The Hall–Kier alpha value is -0.912. The molecule has 75 heavy (non-hydrogen) atoms. The van der Waals surface area contributed by atoms with Crippen molar-refractivity contribution < 1.29 is 106 Å². The highest BCUT2D eigenvalue weighted by molar-refractivity contribution is 6.90. The molecule has 446 valence electrons. The van der Waals surface area contributed by atoms with E-state index in [0.717, 1.165) is 11.1 Å². The third kappa shape index (κ3) is 28.9. The number of rotatable bonds is 33. The highest BCUT2D eigenvalue weighted by Crippen LogP contribution is 2.30. The van der Waals surface area contributed by atoms with Gasteiger partial charge in [-0.25, -0.2) is 5.84 Å². The summed E-state index contributed by atoms with van der Waals surface area (Å²) >= 11 is 0. The first-order valence-corrected chi connectivity index (χ1v) is 46.1. The van der Waals surface area contributed by atoms with Gasteiger partial charge in [0.1, 0.15) is 42.7 Å². The largest absolute Gasteiger partial charge is 0.437 e. The third-order valence-electron chi connectivity index (χ3n) is 10.5. The van der Waals surface area contributed by atoms with Crippen molar-refractivity contribution in [2.24, 2.45) is 11.8 Å². The predicted molar refractivity (Wildman–Crippen MR) is 292 cm³/mol. The summed E-state index contributed by atoms with van der Waals surface area (Å²) in [6.07, 6.45) is -19.2. The number of nitrogens with zero attached hydrogens (tertiary/aromatic N) is 1. The summed E-state index contributed by atoms with van der Waals surface area (Å²) in [6, 6.07) is 0.732. The van der Waals surface area contributed by atoms with Crippen LogP contribution in [-0.2, 0) is 44.4 Å². The fourth-order valence-corrected chi connectivity index (χ4v) is 40.0. The molecule has 13 atom stereocenters. The van der Waals surface area contributed by atoms with Crippen LogP contribution in [0.15, 0.2) is 0 Å². The van der Waals surface area contributed by atoms with Crippen LogP contribution in [0.2, 0.25) is 104 Å². The minimum Gasteiger partial charge on any atom is -0.437 e. The molecule has 3 amide bonds. The van der Waals surface area contributed by atoms with Crippen LogP contribution in [0.25, 0.3) is 0 Å². The molecular weight excluding hydrogens is 1110 g/mol. The van der Waals surface area contributed by atoms with E-state index in [2.05, 4.69) is 81.8 Å². The molecule has 1 aliphatic rings. The zero-order chi connectivity index (χ0) is 58.9. The summed E-state index contributed by atoms with van der Waals surface area (Å²) in [5.74, 6) is 3.43. The second-order valence-electron chi connectivity index (χ2n) is 23.1. The smallest absolute Gasteiger partial charge is 0.316 e. The van der Waals surface area contributed by atoms with Crippen molar-refractivity contribution >= 4 is 76.7 Å². The monoisotopic (exact) mass is 1210 g/mol. The maximum Gasteiger partial charge on any atom is 0.316 e. The van der Waals surface area contributed by atoms with E-state index in [0.29, 0.717) is 13.1 Å². The number of aliphatic hydroxyl groups is 12. The van der Waals surface area contributed by atoms with Gasteiger partial charge in [-0.05, 0) is 117 Å². The number of ether oxygens (including phenoxy) is 2. The van der Waals surface area contributed by atoms with E-state index in [1.54, 1.807) is 0 Å².